The fourth-order valence-electron chi connectivity index (χ4n) is 1.30. The van der Waals surface area contributed by atoms with Crippen LogP contribution < -0.4 is 5.32 Å². The molecule has 1 aromatic rings. The van der Waals surface area contributed by atoms with E-state index < -0.39 is 11.1 Å². The second-order valence-corrected chi connectivity index (χ2v) is 6.12. The Balaban J connectivity index is 2.51. The SMILES string of the molecule is CCOC(=O)CSC(C)C(=O)Nc1ccc(Br)cc1F. The lowest BCUT2D eigenvalue weighted by atomic mass is 10.3. The van der Waals surface area contributed by atoms with Crippen LogP contribution in [0.2, 0.25) is 0 Å². The van der Waals surface area contributed by atoms with Gasteiger partial charge in [0.15, 0.2) is 0 Å². The molecule has 0 heterocycles. The predicted octanol–water partition coefficient (Wildman–Crippen LogP) is 3.21. The van der Waals surface area contributed by atoms with Gasteiger partial charge in [-0.15, -0.1) is 11.8 Å². The van der Waals surface area contributed by atoms with Crippen molar-refractivity contribution < 1.29 is 18.7 Å². The van der Waals surface area contributed by atoms with Gasteiger partial charge in [-0.25, -0.2) is 4.39 Å². The highest BCUT2D eigenvalue weighted by Crippen LogP contribution is 2.21. The molecule has 0 aromatic heterocycles. The van der Waals surface area contributed by atoms with Crippen molar-refractivity contribution in [3.63, 3.8) is 0 Å². The Morgan fingerprint density at radius 3 is 2.80 bits per heavy atom. The second kappa shape index (κ2) is 8.26. The summed E-state index contributed by atoms with van der Waals surface area (Å²) in [6, 6.07) is 4.38. The molecule has 0 aliphatic rings. The average Bonchev–Trinajstić information content (AvgIpc) is 2.39. The molecule has 1 unspecified atom stereocenters. The normalized spacial score (nSPS) is 11.8. The van der Waals surface area contributed by atoms with Crippen molar-refractivity contribution in [1.82, 2.24) is 0 Å². The molecule has 0 aliphatic carbocycles. The molecule has 1 rings (SSSR count). The third-order valence-electron chi connectivity index (χ3n) is 2.31. The van der Waals surface area contributed by atoms with Gasteiger partial charge in [0.05, 0.1) is 23.3 Å². The van der Waals surface area contributed by atoms with Gasteiger partial charge in [-0.05, 0) is 32.0 Å². The number of rotatable bonds is 6. The minimum absolute atomic E-state index is 0.0885. The quantitative estimate of drug-likeness (QED) is 0.788. The zero-order valence-electron chi connectivity index (χ0n) is 11.1. The number of nitrogens with one attached hydrogen (secondary N) is 1. The van der Waals surface area contributed by atoms with Crippen molar-refractivity contribution in [2.75, 3.05) is 17.7 Å². The maximum Gasteiger partial charge on any atom is 0.315 e. The molecule has 110 valence electrons. The lowest BCUT2D eigenvalue weighted by Crippen LogP contribution is -2.24. The molecule has 1 amide bonds. The smallest absolute Gasteiger partial charge is 0.315 e. The first-order valence-corrected chi connectivity index (χ1v) is 7.81. The van der Waals surface area contributed by atoms with E-state index in [4.69, 9.17) is 4.74 Å². The standard InChI is InChI=1S/C13H15BrFNO3S/c1-3-19-12(17)7-20-8(2)13(18)16-11-5-4-9(14)6-10(11)15/h4-6,8H,3,7H2,1-2H3,(H,16,18). The summed E-state index contributed by atoms with van der Waals surface area (Å²) in [6.07, 6.45) is 0. The van der Waals surface area contributed by atoms with E-state index in [1.54, 1.807) is 19.9 Å². The van der Waals surface area contributed by atoms with Crippen LogP contribution in [-0.4, -0.2) is 29.5 Å². The summed E-state index contributed by atoms with van der Waals surface area (Å²) in [5.41, 5.74) is 0.113. The molecule has 0 fully saturated rings. The maximum absolute atomic E-state index is 13.6. The van der Waals surface area contributed by atoms with Crippen LogP contribution in [0.15, 0.2) is 22.7 Å². The molecule has 4 nitrogen and oxygen atoms in total. The number of amides is 1. The molecular formula is C13H15BrFNO3S. The Morgan fingerprint density at radius 1 is 1.50 bits per heavy atom. The first-order valence-electron chi connectivity index (χ1n) is 5.97. The van der Waals surface area contributed by atoms with Crippen LogP contribution in [-0.2, 0) is 14.3 Å². The average molecular weight is 364 g/mol. The van der Waals surface area contributed by atoms with Gasteiger partial charge >= 0.3 is 5.97 Å². The van der Waals surface area contributed by atoms with Crippen molar-refractivity contribution in [2.24, 2.45) is 0 Å². The summed E-state index contributed by atoms with van der Waals surface area (Å²) in [5.74, 6) is -1.16. The number of thioether (sulfide) groups is 1. The molecule has 7 heteroatoms. The lowest BCUT2D eigenvalue weighted by Gasteiger charge is -2.12. The molecule has 20 heavy (non-hydrogen) atoms. The Morgan fingerprint density at radius 2 is 2.20 bits per heavy atom. The molecule has 0 saturated carbocycles. The highest BCUT2D eigenvalue weighted by molar-refractivity contribution is 9.10. The Labute approximate surface area is 129 Å². The van der Waals surface area contributed by atoms with E-state index in [0.29, 0.717) is 11.1 Å². The maximum atomic E-state index is 13.6. The van der Waals surface area contributed by atoms with E-state index in [9.17, 15) is 14.0 Å². The monoisotopic (exact) mass is 363 g/mol. The minimum Gasteiger partial charge on any atom is -0.465 e. The molecule has 0 radical (unpaired) electrons. The van der Waals surface area contributed by atoms with Gasteiger partial charge in [-0.1, -0.05) is 15.9 Å². The van der Waals surface area contributed by atoms with Crippen LogP contribution in [0.4, 0.5) is 10.1 Å². The number of ether oxygens (including phenoxy) is 1. The van der Waals surface area contributed by atoms with Crippen LogP contribution in [0.3, 0.4) is 0 Å². The first-order chi connectivity index (χ1) is 9.43. The van der Waals surface area contributed by atoms with Gasteiger partial charge in [-0.3, -0.25) is 9.59 Å². The molecular weight excluding hydrogens is 349 g/mol. The van der Waals surface area contributed by atoms with Gasteiger partial charge in [0.2, 0.25) is 5.91 Å². The van der Waals surface area contributed by atoms with Gasteiger partial charge in [0, 0.05) is 4.47 Å². The number of hydrogen-bond acceptors (Lipinski definition) is 4. The van der Waals surface area contributed by atoms with E-state index in [0.717, 1.165) is 11.8 Å². The Hall–Kier alpha value is -1.08. The van der Waals surface area contributed by atoms with Crippen LogP contribution in [0.5, 0.6) is 0 Å². The summed E-state index contributed by atoms with van der Waals surface area (Å²) < 4.78 is 18.9. The fraction of sp³-hybridized carbons (Fsp3) is 0.385. The number of halogens is 2. The highest BCUT2D eigenvalue weighted by Gasteiger charge is 2.17. The highest BCUT2D eigenvalue weighted by atomic mass is 79.9. The zero-order chi connectivity index (χ0) is 15.1. The summed E-state index contributed by atoms with van der Waals surface area (Å²) >= 11 is 4.28. The molecule has 0 aliphatic heterocycles. The number of carbonyl (C=O) groups excluding carboxylic acids is 2. The molecule has 0 saturated heterocycles. The molecule has 1 atom stereocenters. The lowest BCUT2D eigenvalue weighted by molar-refractivity contribution is -0.139. The first kappa shape index (κ1) is 17.0. The van der Waals surface area contributed by atoms with E-state index in [1.165, 1.54) is 12.1 Å². The topological polar surface area (TPSA) is 55.4 Å². The van der Waals surface area contributed by atoms with Gasteiger partial charge < -0.3 is 10.1 Å². The van der Waals surface area contributed by atoms with Gasteiger partial charge in [0.25, 0.3) is 0 Å². The molecule has 1 N–H and O–H groups in total. The largest absolute Gasteiger partial charge is 0.465 e. The number of benzene rings is 1. The van der Waals surface area contributed by atoms with E-state index >= 15 is 0 Å². The Kier molecular flexibility index (Phi) is 7.01. The van der Waals surface area contributed by atoms with Crippen LogP contribution in [0.1, 0.15) is 13.8 Å². The minimum atomic E-state index is -0.518. The summed E-state index contributed by atoms with van der Waals surface area (Å²) in [7, 11) is 0. The number of anilines is 1. The van der Waals surface area contributed by atoms with E-state index in [-0.39, 0.29) is 23.3 Å². The number of hydrogen-bond donors (Lipinski definition) is 1. The Bertz CT molecular complexity index is 499. The van der Waals surface area contributed by atoms with Crippen LogP contribution >= 0.6 is 27.7 Å². The summed E-state index contributed by atoms with van der Waals surface area (Å²) in [4.78, 5) is 23.0. The third kappa shape index (κ3) is 5.50. The number of carbonyl (C=O) groups is 2. The van der Waals surface area contributed by atoms with Crippen molar-refractivity contribution >= 4 is 45.3 Å². The number of esters is 1. The summed E-state index contributed by atoms with van der Waals surface area (Å²) in [5, 5.41) is 2.00. The van der Waals surface area contributed by atoms with Crippen molar-refractivity contribution in [3.8, 4) is 0 Å². The van der Waals surface area contributed by atoms with E-state index in [2.05, 4.69) is 21.2 Å². The van der Waals surface area contributed by atoms with Gasteiger partial charge in [0.1, 0.15) is 5.82 Å². The van der Waals surface area contributed by atoms with Crippen molar-refractivity contribution in [3.05, 3.63) is 28.5 Å². The fourth-order valence-corrected chi connectivity index (χ4v) is 2.31. The predicted molar refractivity (Wildman–Crippen MR) is 81.3 cm³/mol. The van der Waals surface area contributed by atoms with Crippen LogP contribution in [0, 0.1) is 5.82 Å². The third-order valence-corrected chi connectivity index (χ3v) is 3.92. The zero-order valence-corrected chi connectivity index (χ0v) is 13.5. The molecule has 0 bridgehead atoms. The summed E-state index contributed by atoms with van der Waals surface area (Å²) in [6.45, 7) is 3.68. The van der Waals surface area contributed by atoms with Crippen LogP contribution in [0.25, 0.3) is 0 Å². The second-order valence-electron chi connectivity index (χ2n) is 3.87. The molecule has 0 spiro atoms. The molecule has 1 aromatic carbocycles. The van der Waals surface area contributed by atoms with Gasteiger partial charge in [-0.2, -0.15) is 0 Å². The van der Waals surface area contributed by atoms with E-state index in [1.807, 2.05) is 0 Å². The van der Waals surface area contributed by atoms with Crippen molar-refractivity contribution in [2.45, 2.75) is 19.1 Å². The van der Waals surface area contributed by atoms with Crippen molar-refractivity contribution in [1.29, 1.82) is 0 Å².